The van der Waals surface area contributed by atoms with E-state index >= 15 is 0 Å². The zero-order chi connectivity index (χ0) is 28.0. The molecule has 1 fully saturated rings. The predicted octanol–water partition coefficient (Wildman–Crippen LogP) is 4.26. The molecular formula is C29H23N3O6S2. The molecule has 0 saturated carbocycles. The number of thioether (sulfide) groups is 1. The SMILES string of the molecule is Cc1ccc(N2C(=O)[C@H]3[C@H](c4ccc(OCC(=O)Nc5ccc(O)cc5)cc4)c4sc(=O)[nH]c4S[C@H]3C2=O)cc1. The molecule has 40 heavy (non-hydrogen) atoms. The van der Waals surface area contributed by atoms with Crippen molar-refractivity contribution in [2.24, 2.45) is 5.92 Å². The quantitative estimate of drug-likeness (QED) is 0.232. The lowest BCUT2D eigenvalue weighted by Crippen LogP contribution is -2.32. The highest BCUT2D eigenvalue weighted by molar-refractivity contribution is 8.00. The number of hydrogen-bond donors (Lipinski definition) is 3. The van der Waals surface area contributed by atoms with Gasteiger partial charge in [0.15, 0.2) is 6.61 Å². The number of thiazole rings is 1. The van der Waals surface area contributed by atoms with Gasteiger partial charge in [-0.25, -0.2) is 4.90 Å². The van der Waals surface area contributed by atoms with E-state index < -0.39 is 17.1 Å². The highest BCUT2D eigenvalue weighted by atomic mass is 32.2. The van der Waals surface area contributed by atoms with Crippen LogP contribution in [0.4, 0.5) is 11.4 Å². The lowest BCUT2D eigenvalue weighted by Gasteiger charge is -2.29. The van der Waals surface area contributed by atoms with Crippen LogP contribution in [-0.4, -0.2) is 39.7 Å². The standard InChI is InChI=1S/C29H23N3O6S2/c1-15-2-8-18(9-3-15)32-27(35)23-22(24-26(31-29(37)40-24)39-25(23)28(32)36)16-4-12-20(13-5-16)38-14-21(34)30-17-6-10-19(33)11-7-17/h2-13,22-23,25,33H,14H2,1H3,(H,30,34)(H,31,37)/t22-,23-,25+/m0/s1. The number of aromatic nitrogens is 1. The molecule has 9 nitrogen and oxygen atoms in total. The van der Waals surface area contributed by atoms with E-state index in [1.54, 1.807) is 48.5 Å². The number of phenolic OH excluding ortho intramolecular Hbond substituents is 1. The maximum atomic E-state index is 13.8. The van der Waals surface area contributed by atoms with Gasteiger partial charge in [-0.05, 0) is 61.0 Å². The number of H-pyrrole nitrogens is 1. The summed E-state index contributed by atoms with van der Waals surface area (Å²) >= 11 is 2.29. The molecule has 11 heteroatoms. The van der Waals surface area contributed by atoms with Crippen LogP contribution in [0, 0.1) is 12.8 Å². The van der Waals surface area contributed by atoms with E-state index in [9.17, 15) is 24.3 Å². The topological polar surface area (TPSA) is 129 Å². The fraction of sp³-hybridized carbons (Fsp3) is 0.172. The van der Waals surface area contributed by atoms with E-state index in [0.717, 1.165) is 27.3 Å². The van der Waals surface area contributed by atoms with Crippen molar-refractivity contribution in [1.29, 1.82) is 0 Å². The summed E-state index contributed by atoms with van der Waals surface area (Å²) in [7, 11) is 0. The van der Waals surface area contributed by atoms with Crippen molar-refractivity contribution in [3.8, 4) is 11.5 Å². The van der Waals surface area contributed by atoms with Crippen molar-refractivity contribution < 1.29 is 24.2 Å². The Balaban J connectivity index is 1.24. The normalized spacial score (nSPS) is 19.7. The largest absolute Gasteiger partial charge is 0.508 e. The fourth-order valence-corrected chi connectivity index (χ4v) is 7.50. The van der Waals surface area contributed by atoms with Gasteiger partial charge in [-0.3, -0.25) is 19.2 Å². The summed E-state index contributed by atoms with van der Waals surface area (Å²) in [6.45, 7) is 1.71. The first kappa shape index (κ1) is 25.9. The Labute approximate surface area is 236 Å². The van der Waals surface area contributed by atoms with Crippen LogP contribution in [0.2, 0.25) is 0 Å². The molecule has 3 N–H and O–H groups in total. The Morgan fingerprint density at radius 3 is 2.38 bits per heavy atom. The lowest BCUT2D eigenvalue weighted by atomic mass is 9.83. The van der Waals surface area contributed by atoms with Crippen molar-refractivity contribution >= 4 is 52.2 Å². The third kappa shape index (κ3) is 4.78. The molecule has 4 aromatic rings. The third-order valence-corrected chi connectivity index (χ3v) is 9.28. The van der Waals surface area contributed by atoms with Crippen molar-refractivity contribution in [3.05, 3.63) is 98.5 Å². The van der Waals surface area contributed by atoms with Crippen LogP contribution >= 0.6 is 23.1 Å². The number of phenols is 1. The molecule has 0 unspecified atom stereocenters. The van der Waals surface area contributed by atoms with Crippen LogP contribution < -0.4 is 19.8 Å². The van der Waals surface area contributed by atoms with Gasteiger partial charge in [-0.1, -0.05) is 52.9 Å². The van der Waals surface area contributed by atoms with Gasteiger partial charge in [0.25, 0.3) is 5.91 Å². The highest BCUT2D eigenvalue weighted by Crippen LogP contribution is 2.53. The van der Waals surface area contributed by atoms with Crippen molar-refractivity contribution in [3.63, 3.8) is 0 Å². The summed E-state index contributed by atoms with van der Waals surface area (Å²) in [6, 6.07) is 20.4. The van der Waals surface area contributed by atoms with E-state index in [2.05, 4.69) is 10.3 Å². The van der Waals surface area contributed by atoms with Crippen LogP contribution in [0.15, 0.2) is 82.6 Å². The number of carbonyl (C=O) groups is 3. The van der Waals surface area contributed by atoms with Crippen LogP contribution in [-0.2, 0) is 14.4 Å². The molecule has 3 heterocycles. The molecule has 0 bridgehead atoms. The molecular weight excluding hydrogens is 550 g/mol. The lowest BCUT2D eigenvalue weighted by molar-refractivity contribution is -0.122. The minimum absolute atomic E-state index is 0.0998. The molecule has 2 aliphatic heterocycles. The Kier molecular flexibility index (Phi) is 6.68. The second-order valence-corrected chi connectivity index (χ2v) is 11.7. The van der Waals surface area contributed by atoms with Gasteiger partial charge in [0.2, 0.25) is 11.8 Å². The van der Waals surface area contributed by atoms with Gasteiger partial charge in [0.1, 0.15) is 16.7 Å². The molecule has 1 saturated heterocycles. The smallest absolute Gasteiger partial charge is 0.305 e. The average Bonchev–Trinajstić information content (AvgIpc) is 3.44. The third-order valence-electron chi connectivity index (χ3n) is 6.88. The zero-order valence-electron chi connectivity index (χ0n) is 21.1. The number of benzene rings is 3. The number of ether oxygens (including phenoxy) is 1. The minimum Gasteiger partial charge on any atom is -0.508 e. The second kappa shape index (κ2) is 10.3. The number of anilines is 2. The fourth-order valence-electron chi connectivity index (χ4n) is 4.99. The summed E-state index contributed by atoms with van der Waals surface area (Å²) in [4.78, 5) is 56.4. The number of nitrogens with zero attached hydrogens (tertiary/aromatic N) is 1. The number of nitrogens with one attached hydrogen (secondary N) is 2. The second-order valence-electron chi connectivity index (χ2n) is 9.55. The first-order valence-electron chi connectivity index (χ1n) is 12.4. The molecule has 0 aliphatic carbocycles. The Morgan fingerprint density at radius 2 is 1.68 bits per heavy atom. The number of carbonyl (C=O) groups excluding carboxylic acids is 3. The monoisotopic (exact) mass is 573 g/mol. The van der Waals surface area contributed by atoms with Gasteiger partial charge in [0.05, 0.1) is 16.6 Å². The molecule has 3 aromatic carbocycles. The van der Waals surface area contributed by atoms with Crippen molar-refractivity contribution in [2.75, 3.05) is 16.8 Å². The first-order chi connectivity index (χ1) is 19.3. The zero-order valence-corrected chi connectivity index (χ0v) is 22.8. The molecule has 202 valence electrons. The van der Waals surface area contributed by atoms with Gasteiger partial charge < -0.3 is 20.1 Å². The van der Waals surface area contributed by atoms with Gasteiger partial charge in [0, 0.05) is 16.5 Å². The highest BCUT2D eigenvalue weighted by Gasteiger charge is 2.56. The average molecular weight is 574 g/mol. The number of rotatable bonds is 6. The maximum Gasteiger partial charge on any atom is 0.305 e. The molecule has 0 spiro atoms. The van der Waals surface area contributed by atoms with E-state index in [4.69, 9.17) is 4.74 Å². The van der Waals surface area contributed by atoms with E-state index in [1.807, 2.05) is 19.1 Å². The number of aryl methyl sites for hydroxylation is 1. The van der Waals surface area contributed by atoms with Crippen LogP contribution in [0.25, 0.3) is 0 Å². The van der Waals surface area contributed by atoms with E-state index in [1.165, 1.54) is 28.8 Å². The number of imide groups is 1. The Hall–Kier alpha value is -4.35. The maximum absolute atomic E-state index is 13.8. The summed E-state index contributed by atoms with van der Waals surface area (Å²) in [6.07, 6.45) is 0. The van der Waals surface area contributed by atoms with E-state index in [0.29, 0.717) is 22.2 Å². The van der Waals surface area contributed by atoms with Gasteiger partial charge >= 0.3 is 4.87 Å². The molecule has 3 atom stereocenters. The summed E-state index contributed by atoms with van der Waals surface area (Å²) < 4.78 is 5.64. The molecule has 2 aliphatic rings. The van der Waals surface area contributed by atoms with Crippen molar-refractivity contribution in [1.82, 2.24) is 4.98 Å². The van der Waals surface area contributed by atoms with Crippen LogP contribution in [0.3, 0.4) is 0 Å². The summed E-state index contributed by atoms with van der Waals surface area (Å²) in [5, 5.41) is 12.0. The van der Waals surface area contributed by atoms with Crippen molar-refractivity contribution in [2.45, 2.75) is 23.1 Å². The Bertz CT molecular complexity index is 1660. The number of aromatic hydroxyl groups is 1. The summed E-state index contributed by atoms with van der Waals surface area (Å²) in [5.41, 5.74) is 2.84. The Morgan fingerprint density at radius 1 is 0.975 bits per heavy atom. The molecule has 1 aromatic heterocycles. The molecule has 6 rings (SSSR count). The number of hydrogen-bond acceptors (Lipinski definition) is 8. The molecule has 0 radical (unpaired) electrons. The summed E-state index contributed by atoms with van der Waals surface area (Å²) in [5.74, 6) is -1.59. The van der Waals surface area contributed by atoms with Crippen LogP contribution in [0.5, 0.6) is 11.5 Å². The van der Waals surface area contributed by atoms with Crippen LogP contribution in [0.1, 0.15) is 21.9 Å². The number of amides is 3. The van der Waals surface area contributed by atoms with E-state index in [-0.39, 0.29) is 35.0 Å². The van der Waals surface area contributed by atoms with Gasteiger partial charge in [-0.2, -0.15) is 0 Å². The van der Waals surface area contributed by atoms with Gasteiger partial charge in [-0.15, -0.1) is 0 Å². The molecule has 3 amide bonds. The number of aromatic amines is 1. The minimum atomic E-state index is -0.680. The predicted molar refractivity (Wildman–Crippen MR) is 152 cm³/mol. The number of fused-ring (bicyclic) bond motifs is 2. The first-order valence-corrected chi connectivity index (χ1v) is 14.1.